The number of carbonyl (C=O) groups excluding carboxylic acids is 1. The van der Waals surface area contributed by atoms with Crippen LogP contribution in [0, 0.1) is 0 Å². The molecule has 0 radical (unpaired) electrons. The summed E-state index contributed by atoms with van der Waals surface area (Å²) in [6.45, 7) is 0.574. The topological polar surface area (TPSA) is 57.1 Å². The highest BCUT2D eigenvalue weighted by molar-refractivity contribution is 6.60. The van der Waals surface area contributed by atoms with Crippen LogP contribution in [0.5, 0.6) is 0 Å². The van der Waals surface area contributed by atoms with E-state index in [-0.39, 0.29) is 0 Å². The van der Waals surface area contributed by atoms with Gasteiger partial charge in [-0.1, -0.05) is 12.8 Å². The van der Waals surface area contributed by atoms with Crippen molar-refractivity contribution in [2.24, 2.45) is 4.99 Å². The summed E-state index contributed by atoms with van der Waals surface area (Å²) in [4.78, 5) is 13.3. The second-order valence-corrected chi connectivity index (χ2v) is 6.52. The third kappa shape index (κ3) is 6.15. The minimum absolute atomic E-state index is 0.574. The van der Waals surface area contributed by atoms with Crippen LogP contribution < -0.4 is 0 Å². The molecule has 0 aliphatic rings. The fourth-order valence-electron chi connectivity index (χ4n) is 1.49. The second kappa shape index (κ2) is 9.69. The number of isocyanates is 1. The largest absolute Gasteiger partial charge is 0.500 e. The summed E-state index contributed by atoms with van der Waals surface area (Å²) < 4.78 is 15.9. The average molecular weight is 247 g/mol. The van der Waals surface area contributed by atoms with E-state index < -0.39 is 8.80 Å². The molecular formula is C10H21NO4Si. The Labute approximate surface area is 98.2 Å². The lowest BCUT2D eigenvalue weighted by Crippen LogP contribution is -2.42. The summed E-state index contributed by atoms with van der Waals surface area (Å²) in [6.07, 6.45) is 5.58. The first-order valence-corrected chi connectivity index (χ1v) is 7.37. The molecule has 0 aliphatic carbocycles. The Morgan fingerprint density at radius 1 is 1.00 bits per heavy atom. The first kappa shape index (κ1) is 15.5. The van der Waals surface area contributed by atoms with Crippen molar-refractivity contribution < 1.29 is 18.1 Å². The third-order valence-electron chi connectivity index (χ3n) is 2.50. The van der Waals surface area contributed by atoms with Gasteiger partial charge < -0.3 is 13.3 Å². The molecule has 0 fully saturated rings. The predicted molar refractivity (Wildman–Crippen MR) is 63.0 cm³/mol. The summed E-state index contributed by atoms with van der Waals surface area (Å²) in [5.41, 5.74) is 0. The Kier molecular flexibility index (Phi) is 9.37. The highest BCUT2D eigenvalue weighted by atomic mass is 28.4. The van der Waals surface area contributed by atoms with E-state index in [2.05, 4.69) is 4.99 Å². The molecule has 0 aromatic carbocycles. The van der Waals surface area contributed by atoms with Gasteiger partial charge in [0.25, 0.3) is 0 Å². The second-order valence-electron chi connectivity index (χ2n) is 3.43. The molecule has 0 bridgehead atoms. The monoisotopic (exact) mass is 247 g/mol. The Morgan fingerprint density at radius 3 is 2.06 bits per heavy atom. The van der Waals surface area contributed by atoms with E-state index in [0.717, 1.165) is 31.7 Å². The number of hydrogen-bond acceptors (Lipinski definition) is 5. The molecule has 0 spiro atoms. The van der Waals surface area contributed by atoms with E-state index >= 15 is 0 Å². The molecule has 94 valence electrons. The molecule has 0 saturated heterocycles. The smallest absolute Gasteiger partial charge is 0.377 e. The van der Waals surface area contributed by atoms with Crippen molar-refractivity contribution in [1.29, 1.82) is 0 Å². The summed E-state index contributed by atoms with van der Waals surface area (Å²) in [7, 11) is 2.49. The van der Waals surface area contributed by atoms with Gasteiger partial charge in [0.15, 0.2) is 0 Å². The highest BCUT2D eigenvalue weighted by Gasteiger charge is 2.36. The zero-order valence-corrected chi connectivity index (χ0v) is 11.3. The fraction of sp³-hybridized carbons (Fsp3) is 0.900. The average Bonchev–Trinajstić information content (AvgIpc) is 2.34. The van der Waals surface area contributed by atoms with Crippen molar-refractivity contribution in [3.8, 4) is 0 Å². The number of rotatable bonds is 10. The summed E-state index contributed by atoms with van der Waals surface area (Å²) >= 11 is 0. The number of hydrogen-bond donors (Lipinski definition) is 0. The van der Waals surface area contributed by atoms with Crippen LogP contribution in [0.15, 0.2) is 4.99 Å². The molecule has 0 amide bonds. The Balaban J connectivity index is 3.58. The molecule has 0 aromatic heterocycles. The molecule has 6 heteroatoms. The molecule has 0 unspecified atom stereocenters. The molecule has 0 aromatic rings. The quantitative estimate of drug-likeness (QED) is 0.255. The lowest BCUT2D eigenvalue weighted by molar-refractivity contribution is 0.122. The zero-order chi connectivity index (χ0) is 12.3. The molecule has 0 rings (SSSR count). The van der Waals surface area contributed by atoms with E-state index in [1.54, 1.807) is 21.3 Å². The Morgan fingerprint density at radius 2 is 1.56 bits per heavy atom. The molecule has 16 heavy (non-hydrogen) atoms. The van der Waals surface area contributed by atoms with E-state index in [1.165, 1.54) is 6.08 Å². The first-order valence-electron chi connectivity index (χ1n) is 5.43. The van der Waals surface area contributed by atoms with Gasteiger partial charge in [-0.15, -0.1) is 0 Å². The van der Waals surface area contributed by atoms with E-state index in [9.17, 15) is 4.79 Å². The van der Waals surface area contributed by atoms with Gasteiger partial charge in [-0.25, -0.2) is 9.79 Å². The van der Waals surface area contributed by atoms with Crippen molar-refractivity contribution in [2.75, 3.05) is 27.9 Å². The molecule has 0 saturated carbocycles. The van der Waals surface area contributed by atoms with Crippen molar-refractivity contribution in [3.05, 3.63) is 0 Å². The minimum atomic E-state index is -2.38. The van der Waals surface area contributed by atoms with Gasteiger partial charge in [0, 0.05) is 27.4 Å². The van der Waals surface area contributed by atoms with E-state index in [4.69, 9.17) is 13.3 Å². The maximum atomic E-state index is 9.81. The molecule has 5 nitrogen and oxygen atoms in total. The summed E-state index contributed by atoms with van der Waals surface area (Å²) in [6, 6.07) is 0.827. The van der Waals surface area contributed by atoms with E-state index in [1.807, 2.05) is 0 Å². The van der Waals surface area contributed by atoms with Crippen molar-refractivity contribution in [3.63, 3.8) is 0 Å². The minimum Gasteiger partial charge on any atom is -0.377 e. The third-order valence-corrected chi connectivity index (χ3v) is 5.33. The van der Waals surface area contributed by atoms with Gasteiger partial charge in [0.1, 0.15) is 0 Å². The maximum absolute atomic E-state index is 9.81. The first-order chi connectivity index (χ1) is 7.74. The Bertz CT molecular complexity index is 207. The van der Waals surface area contributed by atoms with Crippen molar-refractivity contribution >= 4 is 14.9 Å². The van der Waals surface area contributed by atoms with Crippen LogP contribution in [-0.4, -0.2) is 42.8 Å². The SMILES string of the molecule is CO[Si](CCCCCCN=C=O)(OC)OC. The van der Waals surface area contributed by atoms with Gasteiger partial charge in [-0.3, -0.25) is 0 Å². The molecule has 0 heterocycles. The van der Waals surface area contributed by atoms with Gasteiger partial charge in [-0.05, 0) is 12.8 Å². The zero-order valence-electron chi connectivity index (χ0n) is 10.3. The van der Waals surface area contributed by atoms with Gasteiger partial charge in [0.05, 0.1) is 6.54 Å². The van der Waals surface area contributed by atoms with Crippen molar-refractivity contribution in [2.45, 2.75) is 31.7 Å². The fourth-order valence-corrected chi connectivity index (χ4v) is 3.28. The summed E-state index contributed by atoms with van der Waals surface area (Å²) in [5, 5.41) is 0. The van der Waals surface area contributed by atoms with Gasteiger partial charge in [0.2, 0.25) is 6.08 Å². The van der Waals surface area contributed by atoms with Crippen LogP contribution >= 0.6 is 0 Å². The van der Waals surface area contributed by atoms with Crippen LogP contribution in [0.2, 0.25) is 6.04 Å². The molecule has 0 aliphatic heterocycles. The molecular weight excluding hydrogens is 226 g/mol. The number of aliphatic imine (C=N–C) groups is 1. The Hall–Kier alpha value is -0.523. The number of unbranched alkanes of at least 4 members (excludes halogenated alkanes) is 3. The van der Waals surface area contributed by atoms with Crippen LogP contribution in [0.3, 0.4) is 0 Å². The highest BCUT2D eigenvalue weighted by Crippen LogP contribution is 2.17. The molecule has 0 atom stereocenters. The van der Waals surface area contributed by atoms with Crippen LogP contribution in [0.1, 0.15) is 25.7 Å². The van der Waals surface area contributed by atoms with Crippen LogP contribution in [0.25, 0.3) is 0 Å². The van der Waals surface area contributed by atoms with Crippen LogP contribution in [-0.2, 0) is 18.1 Å². The van der Waals surface area contributed by atoms with Gasteiger partial charge in [-0.2, -0.15) is 0 Å². The summed E-state index contributed by atoms with van der Waals surface area (Å²) in [5.74, 6) is 0. The predicted octanol–water partition coefficient (Wildman–Crippen LogP) is 1.76. The normalized spacial score (nSPS) is 11.2. The standard InChI is InChI=1S/C10H21NO4Si/c1-13-16(14-2,15-3)9-7-5-4-6-8-11-10-12/h4-9H2,1-3H3. The van der Waals surface area contributed by atoms with E-state index in [0.29, 0.717) is 6.54 Å². The van der Waals surface area contributed by atoms with Crippen LogP contribution in [0.4, 0.5) is 0 Å². The number of nitrogens with zero attached hydrogens (tertiary/aromatic N) is 1. The van der Waals surface area contributed by atoms with Gasteiger partial charge >= 0.3 is 8.80 Å². The lowest BCUT2D eigenvalue weighted by atomic mass is 10.2. The maximum Gasteiger partial charge on any atom is 0.500 e. The van der Waals surface area contributed by atoms with Crippen molar-refractivity contribution in [1.82, 2.24) is 0 Å². The molecule has 0 N–H and O–H groups in total. The lowest BCUT2D eigenvalue weighted by Gasteiger charge is -2.24.